The standard InChI is InChI=1S/C7H9N3O3S2/c1-15(12,13)7-10-9-6(14-7)5(11)8-4-2-3-4/h4H,2-3H2,1H3,(H,8,11). The molecular formula is C7H9N3O3S2. The Morgan fingerprint density at radius 1 is 1.47 bits per heavy atom. The summed E-state index contributed by atoms with van der Waals surface area (Å²) in [7, 11) is -3.36. The number of carbonyl (C=O) groups excluding carboxylic acids is 1. The third kappa shape index (κ3) is 2.51. The van der Waals surface area contributed by atoms with E-state index in [1.165, 1.54) is 0 Å². The highest BCUT2D eigenvalue weighted by atomic mass is 32.2. The van der Waals surface area contributed by atoms with Crippen LogP contribution in [0.25, 0.3) is 0 Å². The summed E-state index contributed by atoms with van der Waals surface area (Å²) in [4.78, 5) is 11.4. The maximum atomic E-state index is 11.4. The van der Waals surface area contributed by atoms with Crippen LogP contribution in [0.2, 0.25) is 0 Å². The summed E-state index contributed by atoms with van der Waals surface area (Å²) in [5, 5.41) is 9.81. The fourth-order valence-electron chi connectivity index (χ4n) is 0.926. The Morgan fingerprint density at radius 2 is 2.13 bits per heavy atom. The Labute approximate surface area is 90.6 Å². The molecule has 1 aliphatic rings. The molecule has 1 aromatic heterocycles. The molecule has 15 heavy (non-hydrogen) atoms. The third-order valence-electron chi connectivity index (χ3n) is 1.83. The number of carbonyl (C=O) groups is 1. The molecule has 1 heterocycles. The Balaban J connectivity index is 2.15. The molecule has 1 N–H and O–H groups in total. The topological polar surface area (TPSA) is 89.0 Å². The van der Waals surface area contributed by atoms with Crippen molar-refractivity contribution in [1.82, 2.24) is 15.5 Å². The fourth-order valence-corrected chi connectivity index (χ4v) is 2.44. The molecule has 0 saturated heterocycles. The van der Waals surface area contributed by atoms with E-state index in [-0.39, 0.29) is 21.3 Å². The summed E-state index contributed by atoms with van der Waals surface area (Å²) in [5.41, 5.74) is 0. The van der Waals surface area contributed by atoms with Gasteiger partial charge in [-0.1, -0.05) is 11.3 Å². The predicted molar refractivity (Wildman–Crippen MR) is 53.5 cm³/mol. The van der Waals surface area contributed by atoms with E-state index in [1.54, 1.807) is 0 Å². The van der Waals surface area contributed by atoms with Crippen LogP contribution in [0.1, 0.15) is 22.6 Å². The zero-order valence-corrected chi connectivity index (χ0v) is 9.56. The summed E-state index contributed by atoms with van der Waals surface area (Å²) in [5.74, 6) is -0.343. The minimum absolute atomic E-state index is 0.0994. The molecule has 0 aliphatic heterocycles. The Morgan fingerprint density at radius 3 is 2.60 bits per heavy atom. The van der Waals surface area contributed by atoms with Crippen LogP contribution < -0.4 is 5.32 Å². The van der Waals surface area contributed by atoms with Gasteiger partial charge in [-0.25, -0.2) is 8.42 Å². The van der Waals surface area contributed by atoms with Gasteiger partial charge >= 0.3 is 0 Å². The first-order valence-electron chi connectivity index (χ1n) is 4.31. The van der Waals surface area contributed by atoms with Gasteiger partial charge in [-0.05, 0) is 12.8 Å². The van der Waals surface area contributed by atoms with Gasteiger partial charge in [-0.15, -0.1) is 10.2 Å². The first kappa shape index (κ1) is 10.5. The number of hydrogen-bond donors (Lipinski definition) is 1. The Kier molecular flexibility index (Phi) is 2.47. The van der Waals surface area contributed by atoms with E-state index in [2.05, 4.69) is 15.5 Å². The fraction of sp³-hybridized carbons (Fsp3) is 0.571. The zero-order valence-electron chi connectivity index (χ0n) is 7.93. The summed E-state index contributed by atoms with van der Waals surface area (Å²) < 4.78 is 22.0. The van der Waals surface area contributed by atoms with Gasteiger partial charge < -0.3 is 5.32 Å². The van der Waals surface area contributed by atoms with E-state index in [9.17, 15) is 13.2 Å². The first-order valence-corrected chi connectivity index (χ1v) is 7.02. The quantitative estimate of drug-likeness (QED) is 0.801. The number of rotatable bonds is 3. The van der Waals surface area contributed by atoms with Gasteiger partial charge in [0.15, 0.2) is 0 Å². The SMILES string of the molecule is CS(=O)(=O)c1nnc(C(=O)NC2CC2)s1. The molecular weight excluding hydrogens is 238 g/mol. The van der Waals surface area contributed by atoms with Crippen molar-refractivity contribution in [1.29, 1.82) is 0 Å². The minimum atomic E-state index is -3.36. The largest absolute Gasteiger partial charge is 0.347 e. The van der Waals surface area contributed by atoms with Gasteiger partial charge in [-0.3, -0.25) is 4.79 Å². The third-order valence-corrected chi connectivity index (χ3v) is 4.42. The Hall–Kier alpha value is -1.02. The van der Waals surface area contributed by atoms with Crippen molar-refractivity contribution in [3.05, 3.63) is 5.01 Å². The van der Waals surface area contributed by atoms with Crippen LogP contribution in [0.3, 0.4) is 0 Å². The maximum absolute atomic E-state index is 11.4. The van der Waals surface area contributed by atoms with Crippen LogP contribution >= 0.6 is 11.3 Å². The number of hydrogen-bond acceptors (Lipinski definition) is 6. The molecule has 0 unspecified atom stereocenters. The summed E-state index contributed by atoms with van der Waals surface area (Å²) in [6, 6.07) is 0.225. The summed E-state index contributed by atoms with van der Waals surface area (Å²) in [6.07, 6.45) is 2.99. The van der Waals surface area contributed by atoms with Gasteiger partial charge in [0.25, 0.3) is 5.91 Å². The molecule has 0 bridgehead atoms. The molecule has 0 aromatic carbocycles. The van der Waals surface area contributed by atoms with Crippen LogP contribution in [-0.2, 0) is 9.84 Å². The molecule has 1 fully saturated rings. The van der Waals surface area contributed by atoms with Crippen LogP contribution in [0.4, 0.5) is 0 Å². The van der Waals surface area contributed by atoms with Gasteiger partial charge in [0, 0.05) is 12.3 Å². The van der Waals surface area contributed by atoms with Gasteiger partial charge in [0.1, 0.15) is 0 Å². The second-order valence-corrected chi connectivity index (χ2v) is 6.56. The molecule has 0 radical (unpaired) electrons. The summed E-state index contributed by atoms with van der Waals surface area (Å²) >= 11 is 0.795. The van der Waals surface area contributed by atoms with E-state index < -0.39 is 9.84 Å². The molecule has 1 aromatic rings. The lowest BCUT2D eigenvalue weighted by Gasteiger charge is -1.96. The normalized spacial score (nSPS) is 16.3. The molecule has 8 heteroatoms. The highest BCUT2D eigenvalue weighted by molar-refractivity contribution is 7.92. The van der Waals surface area contributed by atoms with Crippen LogP contribution in [0, 0.1) is 0 Å². The molecule has 6 nitrogen and oxygen atoms in total. The summed E-state index contributed by atoms with van der Waals surface area (Å²) in [6.45, 7) is 0. The Bertz CT molecular complexity index is 489. The number of amides is 1. The van der Waals surface area contributed by atoms with Crippen molar-refractivity contribution in [3.63, 3.8) is 0 Å². The second-order valence-electron chi connectivity index (χ2n) is 3.39. The van der Waals surface area contributed by atoms with Crippen molar-refractivity contribution >= 4 is 27.1 Å². The highest BCUT2D eigenvalue weighted by Gasteiger charge is 2.26. The molecule has 1 saturated carbocycles. The lowest BCUT2D eigenvalue weighted by atomic mass is 10.6. The molecule has 1 amide bonds. The van der Waals surface area contributed by atoms with Gasteiger partial charge in [-0.2, -0.15) is 0 Å². The average Bonchev–Trinajstić information content (AvgIpc) is 2.80. The van der Waals surface area contributed by atoms with Gasteiger partial charge in [0.05, 0.1) is 0 Å². The van der Waals surface area contributed by atoms with E-state index in [0.717, 1.165) is 30.4 Å². The lowest BCUT2D eigenvalue weighted by Crippen LogP contribution is -2.25. The monoisotopic (exact) mass is 247 g/mol. The lowest BCUT2D eigenvalue weighted by molar-refractivity contribution is 0.0950. The molecule has 0 atom stereocenters. The van der Waals surface area contributed by atoms with E-state index in [1.807, 2.05) is 0 Å². The van der Waals surface area contributed by atoms with E-state index >= 15 is 0 Å². The van der Waals surface area contributed by atoms with Crippen LogP contribution in [0.5, 0.6) is 0 Å². The number of aromatic nitrogens is 2. The number of sulfone groups is 1. The zero-order chi connectivity index (χ0) is 11.1. The van der Waals surface area contributed by atoms with Crippen LogP contribution in [-0.4, -0.2) is 36.8 Å². The number of nitrogens with zero attached hydrogens (tertiary/aromatic N) is 2. The highest BCUT2D eigenvalue weighted by Crippen LogP contribution is 2.20. The van der Waals surface area contributed by atoms with Crippen molar-refractivity contribution in [2.24, 2.45) is 0 Å². The van der Waals surface area contributed by atoms with Crippen LogP contribution in [0.15, 0.2) is 4.34 Å². The van der Waals surface area contributed by atoms with Crippen molar-refractivity contribution in [2.45, 2.75) is 23.2 Å². The van der Waals surface area contributed by atoms with E-state index in [0.29, 0.717) is 0 Å². The molecule has 0 spiro atoms. The number of nitrogens with one attached hydrogen (secondary N) is 1. The maximum Gasteiger partial charge on any atom is 0.282 e. The van der Waals surface area contributed by atoms with E-state index in [4.69, 9.17) is 0 Å². The average molecular weight is 247 g/mol. The van der Waals surface area contributed by atoms with Crippen molar-refractivity contribution in [2.75, 3.05) is 6.26 Å². The van der Waals surface area contributed by atoms with Gasteiger partial charge in [0.2, 0.25) is 19.2 Å². The predicted octanol–water partition coefficient (Wildman–Crippen LogP) is -0.166. The minimum Gasteiger partial charge on any atom is -0.347 e. The smallest absolute Gasteiger partial charge is 0.282 e. The molecule has 2 rings (SSSR count). The second kappa shape index (κ2) is 3.53. The first-order chi connectivity index (χ1) is 6.97. The van der Waals surface area contributed by atoms with Crippen molar-refractivity contribution in [3.8, 4) is 0 Å². The molecule has 1 aliphatic carbocycles. The molecule has 82 valence electrons. The van der Waals surface area contributed by atoms with Crippen molar-refractivity contribution < 1.29 is 13.2 Å².